The predicted molar refractivity (Wildman–Crippen MR) is 112 cm³/mol. The first-order valence-corrected chi connectivity index (χ1v) is 9.67. The van der Waals surface area contributed by atoms with Gasteiger partial charge in [0.1, 0.15) is 12.8 Å². The second-order valence-electron chi connectivity index (χ2n) is 6.45. The van der Waals surface area contributed by atoms with Crippen molar-refractivity contribution in [3.8, 4) is 11.5 Å². The SMILES string of the molecule is CCOc1cc(/C=N/NC2NC(=O)NNC2C)ccc1OCc1cccc(Cl)c1. The third-order valence-corrected chi connectivity index (χ3v) is 4.41. The minimum atomic E-state index is -0.327. The molecule has 2 amide bonds. The molecule has 1 fully saturated rings. The van der Waals surface area contributed by atoms with Gasteiger partial charge in [-0.1, -0.05) is 23.7 Å². The molecular weight excluding hydrogens is 394 g/mol. The number of hydrogen-bond donors (Lipinski definition) is 4. The zero-order valence-corrected chi connectivity index (χ0v) is 17.0. The molecule has 2 aromatic carbocycles. The zero-order chi connectivity index (χ0) is 20.6. The second kappa shape index (κ2) is 9.99. The quantitative estimate of drug-likeness (QED) is 0.391. The smallest absolute Gasteiger partial charge is 0.330 e. The summed E-state index contributed by atoms with van der Waals surface area (Å²) in [6, 6.07) is 12.8. The highest BCUT2D eigenvalue weighted by atomic mass is 35.5. The number of carbonyl (C=O) groups is 1. The Morgan fingerprint density at radius 2 is 2.07 bits per heavy atom. The Balaban J connectivity index is 1.64. The number of nitrogens with one attached hydrogen (secondary N) is 4. The fourth-order valence-electron chi connectivity index (χ4n) is 2.68. The molecule has 0 aliphatic carbocycles. The van der Waals surface area contributed by atoms with E-state index >= 15 is 0 Å². The fraction of sp³-hybridized carbons (Fsp3) is 0.300. The number of hydrogen-bond acceptors (Lipinski definition) is 6. The number of rotatable bonds is 8. The molecule has 0 radical (unpaired) electrons. The van der Waals surface area contributed by atoms with Crippen LogP contribution in [0, 0.1) is 0 Å². The monoisotopic (exact) mass is 417 g/mol. The molecule has 8 nitrogen and oxygen atoms in total. The summed E-state index contributed by atoms with van der Waals surface area (Å²) in [4.78, 5) is 11.4. The number of urea groups is 1. The Morgan fingerprint density at radius 3 is 2.86 bits per heavy atom. The highest BCUT2D eigenvalue weighted by Crippen LogP contribution is 2.29. The Morgan fingerprint density at radius 1 is 1.21 bits per heavy atom. The van der Waals surface area contributed by atoms with Crippen molar-refractivity contribution in [3.05, 3.63) is 58.6 Å². The molecule has 0 bridgehead atoms. The summed E-state index contributed by atoms with van der Waals surface area (Å²) in [5.74, 6) is 1.27. The van der Waals surface area contributed by atoms with Gasteiger partial charge in [-0.2, -0.15) is 5.10 Å². The van der Waals surface area contributed by atoms with Crippen molar-refractivity contribution in [1.29, 1.82) is 0 Å². The summed E-state index contributed by atoms with van der Waals surface area (Å²) in [7, 11) is 0. The average molecular weight is 418 g/mol. The van der Waals surface area contributed by atoms with E-state index in [2.05, 4.69) is 26.7 Å². The number of carbonyl (C=O) groups excluding carboxylic acids is 1. The predicted octanol–water partition coefficient (Wildman–Crippen LogP) is 2.77. The van der Waals surface area contributed by atoms with Crippen molar-refractivity contribution in [2.24, 2.45) is 5.10 Å². The van der Waals surface area contributed by atoms with E-state index in [1.165, 1.54) is 0 Å². The number of ether oxygens (including phenoxy) is 2. The Kier molecular flexibility index (Phi) is 7.15. The van der Waals surface area contributed by atoms with Crippen LogP contribution in [-0.2, 0) is 6.61 Å². The molecule has 1 heterocycles. The lowest BCUT2D eigenvalue weighted by Crippen LogP contribution is -2.67. The van der Waals surface area contributed by atoms with Crippen LogP contribution in [0.3, 0.4) is 0 Å². The van der Waals surface area contributed by atoms with E-state index in [-0.39, 0.29) is 18.2 Å². The van der Waals surface area contributed by atoms with Crippen LogP contribution in [0.1, 0.15) is 25.0 Å². The molecule has 2 aromatic rings. The highest BCUT2D eigenvalue weighted by molar-refractivity contribution is 6.30. The third kappa shape index (κ3) is 6.00. The summed E-state index contributed by atoms with van der Waals surface area (Å²) in [5.41, 5.74) is 10.1. The van der Waals surface area contributed by atoms with E-state index in [1.807, 2.05) is 56.3 Å². The van der Waals surface area contributed by atoms with Gasteiger partial charge in [-0.05, 0) is 55.3 Å². The summed E-state index contributed by atoms with van der Waals surface area (Å²) >= 11 is 6.02. The molecule has 0 aromatic heterocycles. The van der Waals surface area contributed by atoms with Gasteiger partial charge < -0.3 is 14.8 Å². The first kappa shape index (κ1) is 20.8. The average Bonchev–Trinajstić information content (AvgIpc) is 2.70. The summed E-state index contributed by atoms with van der Waals surface area (Å²) in [6.07, 6.45) is 1.33. The van der Waals surface area contributed by atoms with Crippen molar-refractivity contribution < 1.29 is 14.3 Å². The molecule has 29 heavy (non-hydrogen) atoms. The lowest BCUT2D eigenvalue weighted by Gasteiger charge is -2.30. The minimum absolute atomic E-state index is 0.0360. The Hall–Kier alpha value is -2.97. The number of hydrazine groups is 1. The van der Waals surface area contributed by atoms with Crippen LogP contribution in [0.25, 0.3) is 0 Å². The third-order valence-electron chi connectivity index (χ3n) is 4.18. The van der Waals surface area contributed by atoms with Gasteiger partial charge in [-0.3, -0.25) is 10.9 Å². The largest absolute Gasteiger partial charge is 0.490 e. The highest BCUT2D eigenvalue weighted by Gasteiger charge is 2.23. The van der Waals surface area contributed by atoms with Crippen LogP contribution in [-0.4, -0.2) is 31.1 Å². The normalized spacial score (nSPS) is 18.8. The van der Waals surface area contributed by atoms with Crippen molar-refractivity contribution >= 4 is 23.8 Å². The summed E-state index contributed by atoms with van der Waals surface area (Å²) in [6.45, 7) is 4.72. The standard InChI is InChI=1S/C20H24ClN5O3/c1-3-28-18-10-14(11-22-25-19-13(2)24-26-20(27)23-19)7-8-17(18)29-12-15-5-4-6-16(21)9-15/h4-11,13,19,24-25H,3,12H2,1-2H3,(H2,23,26,27)/b22-11+. The Bertz CT molecular complexity index is 877. The van der Waals surface area contributed by atoms with Crippen LogP contribution < -0.4 is 31.1 Å². The van der Waals surface area contributed by atoms with Crippen molar-refractivity contribution in [2.75, 3.05) is 6.61 Å². The van der Waals surface area contributed by atoms with Gasteiger partial charge in [0.05, 0.1) is 18.9 Å². The maximum Gasteiger partial charge on any atom is 0.330 e. The van der Waals surface area contributed by atoms with Gasteiger partial charge in [0.15, 0.2) is 11.5 Å². The van der Waals surface area contributed by atoms with Gasteiger partial charge in [0.2, 0.25) is 0 Å². The van der Waals surface area contributed by atoms with E-state index in [1.54, 1.807) is 6.21 Å². The van der Waals surface area contributed by atoms with E-state index in [0.717, 1.165) is 11.1 Å². The molecule has 2 unspecified atom stereocenters. The maximum absolute atomic E-state index is 11.4. The van der Waals surface area contributed by atoms with Gasteiger partial charge >= 0.3 is 6.03 Å². The van der Waals surface area contributed by atoms with Crippen LogP contribution in [0.2, 0.25) is 5.02 Å². The van der Waals surface area contributed by atoms with Crippen molar-refractivity contribution in [3.63, 3.8) is 0 Å². The molecule has 4 N–H and O–H groups in total. The van der Waals surface area contributed by atoms with Gasteiger partial charge in [0, 0.05) is 5.02 Å². The lowest BCUT2D eigenvalue weighted by molar-refractivity contribution is 0.202. The Labute approximate surface area is 174 Å². The fourth-order valence-corrected chi connectivity index (χ4v) is 2.89. The van der Waals surface area contributed by atoms with E-state index in [0.29, 0.717) is 29.7 Å². The zero-order valence-electron chi connectivity index (χ0n) is 16.2. The maximum atomic E-state index is 11.4. The van der Waals surface area contributed by atoms with Crippen LogP contribution >= 0.6 is 11.6 Å². The minimum Gasteiger partial charge on any atom is -0.490 e. The molecule has 1 aliphatic rings. The number of benzene rings is 2. The number of nitrogens with zero attached hydrogens (tertiary/aromatic N) is 1. The van der Waals surface area contributed by atoms with E-state index in [9.17, 15) is 4.79 Å². The van der Waals surface area contributed by atoms with E-state index < -0.39 is 0 Å². The number of halogens is 1. The van der Waals surface area contributed by atoms with Crippen LogP contribution in [0.4, 0.5) is 4.79 Å². The first-order chi connectivity index (χ1) is 14.0. The topological polar surface area (TPSA) is 96.0 Å². The summed E-state index contributed by atoms with van der Waals surface area (Å²) in [5, 5.41) is 7.62. The number of hydrazone groups is 1. The molecule has 2 atom stereocenters. The van der Waals surface area contributed by atoms with E-state index in [4.69, 9.17) is 21.1 Å². The van der Waals surface area contributed by atoms with Crippen molar-refractivity contribution in [2.45, 2.75) is 32.7 Å². The molecule has 1 aliphatic heterocycles. The molecule has 0 spiro atoms. The first-order valence-electron chi connectivity index (χ1n) is 9.30. The lowest BCUT2D eigenvalue weighted by atomic mass is 10.2. The van der Waals surface area contributed by atoms with Crippen LogP contribution in [0.5, 0.6) is 11.5 Å². The molecule has 9 heteroatoms. The van der Waals surface area contributed by atoms with Gasteiger partial charge in [-0.15, -0.1) is 0 Å². The summed E-state index contributed by atoms with van der Waals surface area (Å²) < 4.78 is 11.6. The molecule has 3 rings (SSSR count). The van der Waals surface area contributed by atoms with Gasteiger partial charge in [0.25, 0.3) is 0 Å². The molecule has 154 valence electrons. The van der Waals surface area contributed by atoms with Gasteiger partial charge in [-0.25, -0.2) is 10.2 Å². The molecule has 0 saturated carbocycles. The van der Waals surface area contributed by atoms with Crippen molar-refractivity contribution in [1.82, 2.24) is 21.6 Å². The second-order valence-corrected chi connectivity index (χ2v) is 6.89. The molecular formula is C20H24ClN5O3. The van der Waals surface area contributed by atoms with Crippen LogP contribution in [0.15, 0.2) is 47.6 Å². The number of amides is 2. The molecule has 1 saturated heterocycles.